The smallest absolute Gasteiger partial charge is 0.303 e. The van der Waals surface area contributed by atoms with E-state index in [1.807, 2.05) is 0 Å². The summed E-state index contributed by atoms with van der Waals surface area (Å²) in [4.78, 5) is 11.1. The van der Waals surface area contributed by atoms with Gasteiger partial charge in [-0.25, -0.2) is 0 Å². The Morgan fingerprint density at radius 2 is 2.39 bits per heavy atom. The molecular weight excluding hydrogens is 256 g/mol. The minimum absolute atomic E-state index is 0.0557. The highest BCUT2D eigenvalue weighted by Gasteiger charge is 2.15. The quantitative estimate of drug-likeness (QED) is 0.766. The van der Waals surface area contributed by atoms with Gasteiger partial charge in [-0.1, -0.05) is 11.3 Å². The van der Waals surface area contributed by atoms with E-state index in [1.54, 1.807) is 22.9 Å². The average molecular weight is 264 g/mol. The maximum absolute atomic E-state index is 10.5. The normalized spacial score (nSPS) is 11.1. The summed E-state index contributed by atoms with van der Waals surface area (Å²) in [7, 11) is 0. The maximum Gasteiger partial charge on any atom is 0.303 e. The summed E-state index contributed by atoms with van der Waals surface area (Å²) >= 11 is 1.33. The van der Waals surface area contributed by atoms with E-state index in [9.17, 15) is 4.79 Å². The van der Waals surface area contributed by atoms with Gasteiger partial charge < -0.3 is 9.52 Å². The molecule has 0 atom stereocenters. The standard InChI is InChI=1S/C10H8N4O3S/c15-8(16)4-3-7-13-14-9(6-2-1-5-17-6)11-12-10(14)18-7/h1-2,5H,3-4H2,(H,15,16). The molecule has 92 valence electrons. The molecule has 0 aliphatic heterocycles. The highest BCUT2D eigenvalue weighted by molar-refractivity contribution is 7.16. The van der Waals surface area contributed by atoms with E-state index >= 15 is 0 Å². The Morgan fingerprint density at radius 3 is 3.11 bits per heavy atom. The second kappa shape index (κ2) is 4.22. The van der Waals surface area contributed by atoms with Gasteiger partial charge in [-0.05, 0) is 12.1 Å². The Morgan fingerprint density at radius 1 is 1.50 bits per heavy atom. The Bertz CT molecular complexity index is 685. The number of aromatic nitrogens is 4. The molecule has 0 saturated carbocycles. The Balaban J connectivity index is 1.96. The van der Waals surface area contributed by atoms with Crippen LogP contribution in [0.1, 0.15) is 11.4 Å². The fourth-order valence-electron chi connectivity index (χ4n) is 1.53. The third-order valence-corrected chi connectivity index (χ3v) is 3.29. The fourth-order valence-corrected chi connectivity index (χ4v) is 2.36. The van der Waals surface area contributed by atoms with Gasteiger partial charge in [0, 0.05) is 6.42 Å². The molecule has 7 nitrogen and oxygen atoms in total. The third-order valence-electron chi connectivity index (χ3n) is 2.33. The second-order valence-electron chi connectivity index (χ2n) is 3.58. The van der Waals surface area contributed by atoms with Crippen LogP contribution in [-0.4, -0.2) is 30.9 Å². The minimum Gasteiger partial charge on any atom is -0.481 e. The summed E-state index contributed by atoms with van der Waals surface area (Å²) in [6.45, 7) is 0. The van der Waals surface area contributed by atoms with Crippen LogP contribution in [0.2, 0.25) is 0 Å². The van der Waals surface area contributed by atoms with Gasteiger partial charge in [0.15, 0.2) is 5.76 Å². The minimum atomic E-state index is -0.841. The van der Waals surface area contributed by atoms with Gasteiger partial charge in [0.05, 0.1) is 12.7 Å². The molecule has 0 aliphatic carbocycles. The van der Waals surface area contributed by atoms with Gasteiger partial charge in [0.25, 0.3) is 0 Å². The SMILES string of the molecule is O=C(O)CCc1nn2c(-c3ccco3)nnc2s1. The molecule has 3 heterocycles. The third kappa shape index (κ3) is 1.86. The van der Waals surface area contributed by atoms with Crippen molar-refractivity contribution in [2.24, 2.45) is 0 Å². The van der Waals surface area contributed by atoms with E-state index in [-0.39, 0.29) is 6.42 Å². The summed E-state index contributed by atoms with van der Waals surface area (Å²) in [5.41, 5.74) is 0. The first-order chi connectivity index (χ1) is 8.74. The molecule has 1 N–H and O–H groups in total. The van der Waals surface area contributed by atoms with E-state index in [2.05, 4.69) is 15.3 Å². The summed E-state index contributed by atoms with van der Waals surface area (Å²) in [5, 5.41) is 21.6. The first-order valence-electron chi connectivity index (χ1n) is 5.21. The number of carboxylic acid groups (broad SMARTS) is 1. The number of carboxylic acids is 1. The summed E-state index contributed by atoms with van der Waals surface area (Å²) in [6, 6.07) is 3.53. The number of rotatable bonds is 4. The maximum atomic E-state index is 10.5. The van der Waals surface area contributed by atoms with Crippen LogP contribution < -0.4 is 0 Å². The van der Waals surface area contributed by atoms with Gasteiger partial charge in [-0.15, -0.1) is 10.2 Å². The van der Waals surface area contributed by atoms with Gasteiger partial charge >= 0.3 is 5.97 Å². The van der Waals surface area contributed by atoms with E-state index in [0.29, 0.717) is 23.0 Å². The molecule has 0 radical (unpaired) electrons. The number of hydrogen-bond donors (Lipinski definition) is 1. The molecule has 3 aromatic rings. The Kier molecular flexibility index (Phi) is 2.56. The average Bonchev–Trinajstić information content (AvgIpc) is 3.01. The molecule has 3 rings (SSSR count). The topological polar surface area (TPSA) is 93.5 Å². The van der Waals surface area contributed by atoms with Crippen molar-refractivity contribution in [3.8, 4) is 11.6 Å². The number of furan rings is 1. The first kappa shape index (κ1) is 10.9. The zero-order valence-corrected chi connectivity index (χ0v) is 9.92. The molecule has 0 amide bonds. The van der Waals surface area contributed by atoms with E-state index in [1.165, 1.54) is 11.3 Å². The second-order valence-corrected chi connectivity index (χ2v) is 4.63. The summed E-state index contributed by atoms with van der Waals surface area (Å²) in [6.07, 6.45) is 2.00. The molecule has 0 spiro atoms. The monoisotopic (exact) mass is 264 g/mol. The lowest BCUT2D eigenvalue weighted by Gasteiger charge is -1.91. The van der Waals surface area contributed by atoms with Crippen LogP contribution in [0.4, 0.5) is 0 Å². The molecule has 8 heteroatoms. The molecule has 0 aromatic carbocycles. The van der Waals surface area contributed by atoms with Crippen molar-refractivity contribution in [2.45, 2.75) is 12.8 Å². The molecule has 0 aliphatic rings. The summed E-state index contributed by atoms with van der Waals surface area (Å²) < 4.78 is 6.81. The fraction of sp³-hybridized carbons (Fsp3) is 0.200. The Labute approximate surface area is 105 Å². The molecule has 0 saturated heterocycles. The number of aryl methyl sites for hydroxylation is 1. The van der Waals surface area contributed by atoms with Gasteiger partial charge in [0.1, 0.15) is 5.01 Å². The molecule has 3 aromatic heterocycles. The van der Waals surface area contributed by atoms with Crippen molar-refractivity contribution in [2.75, 3.05) is 0 Å². The largest absolute Gasteiger partial charge is 0.481 e. The van der Waals surface area contributed by atoms with Crippen molar-refractivity contribution < 1.29 is 14.3 Å². The summed E-state index contributed by atoms with van der Waals surface area (Å²) in [5.74, 6) is 0.262. The lowest BCUT2D eigenvalue weighted by Crippen LogP contribution is -1.98. The molecule has 0 unspecified atom stereocenters. The Hall–Kier alpha value is -2.22. The van der Waals surface area contributed by atoms with E-state index in [4.69, 9.17) is 9.52 Å². The highest BCUT2D eigenvalue weighted by Crippen LogP contribution is 2.22. The number of carbonyl (C=O) groups is 1. The van der Waals surface area contributed by atoms with Crippen LogP contribution in [-0.2, 0) is 11.2 Å². The number of aliphatic carboxylic acids is 1. The van der Waals surface area contributed by atoms with Crippen LogP contribution in [0.25, 0.3) is 16.5 Å². The van der Waals surface area contributed by atoms with Crippen molar-refractivity contribution in [1.82, 2.24) is 19.8 Å². The predicted molar refractivity (Wildman–Crippen MR) is 62.3 cm³/mol. The van der Waals surface area contributed by atoms with Gasteiger partial charge in [0.2, 0.25) is 10.8 Å². The van der Waals surface area contributed by atoms with E-state index in [0.717, 1.165) is 5.01 Å². The highest BCUT2D eigenvalue weighted by atomic mass is 32.1. The van der Waals surface area contributed by atoms with E-state index < -0.39 is 5.97 Å². The van der Waals surface area contributed by atoms with Crippen molar-refractivity contribution >= 4 is 22.3 Å². The van der Waals surface area contributed by atoms with Gasteiger partial charge in [-0.2, -0.15) is 9.61 Å². The molecule has 0 bridgehead atoms. The number of hydrogen-bond acceptors (Lipinski definition) is 6. The number of fused-ring (bicyclic) bond motifs is 1. The molecule has 0 fully saturated rings. The predicted octanol–water partition coefficient (Wildman–Crippen LogP) is 1.46. The lowest BCUT2D eigenvalue weighted by molar-refractivity contribution is -0.136. The molecule has 18 heavy (non-hydrogen) atoms. The van der Waals surface area contributed by atoms with Crippen molar-refractivity contribution in [3.63, 3.8) is 0 Å². The van der Waals surface area contributed by atoms with Crippen LogP contribution in [0.3, 0.4) is 0 Å². The van der Waals surface area contributed by atoms with Crippen LogP contribution >= 0.6 is 11.3 Å². The zero-order chi connectivity index (χ0) is 12.5. The van der Waals surface area contributed by atoms with Crippen molar-refractivity contribution in [1.29, 1.82) is 0 Å². The van der Waals surface area contributed by atoms with Gasteiger partial charge in [-0.3, -0.25) is 4.79 Å². The van der Waals surface area contributed by atoms with Crippen LogP contribution in [0, 0.1) is 0 Å². The lowest BCUT2D eigenvalue weighted by atomic mass is 10.3. The molecular formula is C10H8N4O3S. The zero-order valence-electron chi connectivity index (χ0n) is 9.11. The first-order valence-corrected chi connectivity index (χ1v) is 6.02. The van der Waals surface area contributed by atoms with Crippen LogP contribution in [0.15, 0.2) is 22.8 Å². The van der Waals surface area contributed by atoms with Crippen molar-refractivity contribution in [3.05, 3.63) is 23.4 Å². The van der Waals surface area contributed by atoms with Crippen LogP contribution in [0.5, 0.6) is 0 Å². The number of nitrogens with zero attached hydrogens (tertiary/aromatic N) is 4.